The van der Waals surface area contributed by atoms with Crippen molar-refractivity contribution in [3.05, 3.63) is 69.7 Å². The van der Waals surface area contributed by atoms with E-state index < -0.39 is 17.3 Å². The molecule has 2 aromatic rings. The van der Waals surface area contributed by atoms with Gasteiger partial charge in [-0.15, -0.1) is 0 Å². The first-order valence-electron chi connectivity index (χ1n) is 13.2. The normalized spacial score (nSPS) is 17.3. The predicted molar refractivity (Wildman–Crippen MR) is 153 cm³/mol. The predicted octanol–water partition coefficient (Wildman–Crippen LogP) is 6.16. The number of ether oxygens (including phenoxy) is 1. The second kappa shape index (κ2) is 11.7. The third kappa shape index (κ3) is 6.53. The number of aryl methyl sites for hydroxylation is 2. The Morgan fingerprint density at radius 2 is 1.85 bits per heavy atom. The highest BCUT2D eigenvalue weighted by molar-refractivity contribution is 6.30. The van der Waals surface area contributed by atoms with E-state index in [1.54, 1.807) is 39.2 Å². The lowest BCUT2D eigenvalue weighted by Gasteiger charge is -2.19. The number of nitrogens with zero attached hydrogens (tertiary/aromatic N) is 2. The Kier molecular flexibility index (Phi) is 8.50. The molecular formula is C31H34ClN3O4. The van der Waals surface area contributed by atoms with Gasteiger partial charge in [0.25, 0.3) is 5.91 Å². The molecule has 4 rings (SSSR count). The van der Waals surface area contributed by atoms with E-state index in [0.29, 0.717) is 41.4 Å². The fraction of sp³-hybridized carbons (Fsp3) is 0.387. The van der Waals surface area contributed by atoms with Crippen LogP contribution in [0.3, 0.4) is 0 Å². The summed E-state index contributed by atoms with van der Waals surface area (Å²) < 4.78 is 5.88. The summed E-state index contributed by atoms with van der Waals surface area (Å²) in [6.07, 6.45) is 7.49. The number of carbonyl (C=O) groups excluding carboxylic acids is 3. The van der Waals surface area contributed by atoms with Gasteiger partial charge >= 0.3 is 5.97 Å². The molecule has 204 valence electrons. The van der Waals surface area contributed by atoms with E-state index in [9.17, 15) is 14.4 Å². The number of nitrogens with one attached hydrogen (secondary N) is 1. The van der Waals surface area contributed by atoms with E-state index in [1.165, 1.54) is 0 Å². The second-order valence-corrected chi connectivity index (χ2v) is 11.5. The van der Waals surface area contributed by atoms with Crippen molar-refractivity contribution in [2.24, 2.45) is 16.3 Å². The van der Waals surface area contributed by atoms with Gasteiger partial charge in [0.1, 0.15) is 11.5 Å². The molecule has 8 heteroatoms. The van der Waals surface area contributed by atoms with Crippen molar-refractivity contribution in [2.45, 2.75) is 60.3 Å². The number of pyridine rings is 1. The molecule has 0 spiro atoms. The Balaban J connectivity index is 1.61. The molecule has 1 atom stereocenters. The molecule has 1 unspecified atom stereocenters. The van der Waals surface area contributed by atoms with Crippen molar-refractivity contribution in [1.82, 2.24) is 10.3 Å². The lowest BCUT2D eigenvalue weighted by Crippen LogP contribution is -2.28. The van der Waals surface area contributed by atoms with Gasteiger partial charge in [-0.05, 0) is 94.8 Å². The first-order chi connectivity index (χ1) is 18.5. The number of aliphatic imine (C=N–C) groups is 1. The van der Waals surface area contributed by atoms with E-state index in [0.717, 1.165) is 40.8 Å². The molecular weight excluding hydrogens is 514 g/mol. The summed E-state index contributed by atoms with van der Waals surface area (Å²) in [6.45, 7) is 9.55. The summed E-state index contributed by atoms with van der Waals surface area (Å²) >= 11 is 6.01. The fourth-order valence-corrected chi connectivity index (χ4v) is 4.89. The maximum atomic E-state index is 13.8. The highest BCUT2D eigenvalue weighted by Gasteiger charge is 2.38. The highest BCUT2D eigenvalue weighted by atomic mass is 35.5. The molecule has 0 bridgehead atoms. The average Bonchev–Trinajstić information content (AvgIpc) is 3.18. The third-order valence-electron chi connectivity index (χ3n) is 6.84. The van der Waals surface area contributed by atoms with E-state index in [1.807, 2.05) is 38.1 Å². The van der Waals surface area contributed by atoms with Crippen LogP contribution in [0.15, 0.2) is 53.0 Å². The van der Waals surface area contributed by atoms with E-state index in [2.05, 4.69) is 15.3 Å². The van der Waals surface area contributed by atoms with Crippen LogP contribution in [0.2, 0.25) is 5.02 Å². The molecule has 0 radical (unpaired) electrons. The molecule has 0 fully saturated rings. The van der Waals surface area contributed by atoms with Crippen molar-refractivity contribution in [2.75, 3.05) is 6.54 Å². The maximum absolute atomic E-state index is 13.8. The number of halogens is 1. The second-order valence-electron chi connectivity index (χ2n) is 11.1. The topological polar surface area (TPSA) is 97.7 Å². The van der Waals surface area contributed by atoms with Gasteiger partial charge in [0.2, 0.25) is 0 Å². The average molecular weight is 548 g/mol. The van der Waals surface area contributed by atoms with Crippen LogP contribution >= 0.6 is 11.6 Å². The van der Waals surface area contributed by atoms with Crippen molar-refractivity contribution >= 4 is 41.0 Å². The number of amides is 1. The number of esters is 1. The zero-order valence-corrected chi connectivity index (χ0v) is 23.8. The monoisotopic (exact) mass is 547 g/mol. The van der Waals surface area contributed by atoms with Gasteiger partial charge in [0, 0.05) is 36.9 Å². The van der Waals surface area contributed by atoms with E-state index in [-0.39, 0.29) is 11.7 Å². The number of benzene rings is 1. The first-order valence-corrected chi connectivity index (χ1v) is 13.6. The molecule has 1 amide bonds. The van der Waals surface area contributed by atoms with Gasteiger partial charge in [0.05, 0.1) is 21.7 Å². The number of allylic oxidation sites excluding steroid dienone is 3. The standard InChI is InChI=1S/C31H34ClN3O4/c1-18-14-21(23-10-9-22(32)17-35-23)15-19(2)26(18)27-25(39-30(38)31(3,4)5)16-20(28(27)36)11-13-34-29(37)24-8-6-7-12-33-24/h8-10,12,14-15,17,20H,6-7,11,13,16H2,1-5H3,(H,34,37). The fourth-order valence-electron chi connectivity index (χ4n) is 4.78. The Morgan fingerprint density at radius 1 is 1.13 bits per heavy atom. The van der Waals surface area contributed by atoms with Gasteiger partial charge < -0.3 is 10.1 Å². The Labute approximate surface area is 234 Å². The van der Waals surface area contributed by atoms with Crippen LogP contribution in [-0.4, -0.2) is 35.4 Å². The van der Waals surface area contributed by atoms with Crippen LogP contribution in [-0.2, 0) is 19.1 Å². The maximum Gasteiger partial charge on any atom is 0.316 e. The molecule has 1 aromatic heterocycles. The lowest BCUT2D eigenvalue weighted by molar-refractivity contribution is -0.148. The van der Waals surface area contributed by atoms with Gasteiger partial charge in [-0.3, -0.25) is 24.4 Å². The molecule has 2 heterocycles. The van der Waals surface area contributed by atoms with Crippen LogP contribution in [0.5, 0.6) is 0 Å². The molecule has 39 heavy (non-hydrogen) atoms. The summed E-state index contributed by atoms with van der Waals surface area (Å²) in [5, 5.41) is 3.43. The van der Waals surface area contributed by atoms with Crippen LogP contribution in [0.4, 0.5) is 0 Å². The van der Waals surface area contributed by atoms with E-state index in [4.69, 9.17) is 16.3 Å². The first kappa shape index (κ1) is 28.4. The highest BCUT2D eigenvalue weighted by Crippen LogP contribution is 2.41. The smallest absolute Gasteiger partial charge is 0.316 e. The van der Waals surface area contributed by atoms with Crippen LogP contribution < -0.4 is 5.32 Å². The van der Waals surface area contributed by atoms with Crippen molar-refractivity contribution in [1.29, 1.82) is 0 Å². The SMILES string of the molecule is Cc1cc(-c2ccc(Cl)cn2)cc(C)c1C1=C(OC(=O)C(C)(C)C)CC(CCNC(=O)C2=CCCC=N2)C1=O. The Morgan fingerprint density at radius 3 is 2.44 bits per heavy atom. The van der Waals surface area contributed by atoms with Crippen molar-refractivity contribution in [3.8, 4) is 11.3 Å². The number of carbonyl (C=O) groups is 3. The van der Waals surface area contributed by atoms with Crippen molar-refractivity contribution < 1.29 is 19.1 Å². The van der Waals surface area contributed by atoms with Crippen LogP contribution in [0, 0.1) is 25.2 Å². The van der Waals surface area contributed by atoms with E-state index >= 15 is 0 Å². The van der Waals surface area contributed by atoms with Crippen LogP contribution in [0.1, 0.15) is 63.1 Å². The zero-order valence-electron chi connectivity index (χ0n) is 23.1. The largest absolute Gasteiger partial charge is 0.430 e. The molecule has 7 nitrogen and oxygen atoms in total. The van der Waals surface area contributed by atoms with Gasteiger partial charge in [-0.25, -0.2) is 0 Å². The number of ketones is 1. The summed E-state index contributed by atoms with van der Waals surface area (Å²) in [4.78, 5) is 47.7. The van der Waals surface area contributed by atoms with Crippen LogP contribution in [0.25, 0.3) is 16.8 Å². The Hall–Kier alpha value is -3.58. The molecule has 1 aliphatic heterocycles. The van der Waals surface area contributed by atoms with Gasteiger partial charge in [0.15, 0.2) is 5.78 Å². The Bertz CT molecular complexity index is 1370. The summed E-state index contributed by atoms with van der Waals surface area (Å²) in [5.74, 6) is -0.750. The van der Waals surface area contributed by atoms with Gasteiger partial charge in [-0.2, -0.15) is 0 Å². The third-order valence-corrected chi connectivity index (χ3v) is 7.06. The van der Waals surface area contributed by atoms with Gasteiger partial charge in [-0.1, -0.05) is 17.7 Å². The number of hydrogen-bond acceptors (Lipinski definition) is 6. The summed E-state index contributed by atoms with van der Waals surface area (Å²) in [5.41, 5.74) is 4.32. The zero-order chi connectivity index (χ0) is 28.3. The number of hydrogen-bond donors (Lipinski definition) is 1. The molecule has 2 aliphatic rings. The minimum Gasteiger partial charge on any atom is -0.430 e. The molecule has 1 aromatic carbocycles. The number of aromatic nitrogens is 1. The minimum atomic E-state index is -0.727. The number of rotatable bonds is 7. The summed E-state index contributed by atoms with van der Waals surface area (Å²) in [7, 11) is 0. The molecule has 1 N–H and O–H groups in total. The quantitative estimate of drug-likeness (QED) is 0.418. The molecule has 0 saturated heterocycles. The lowest BCUT2D eigenvalue weighted by atomic mass is 9.89. The molecule has 0 saturated carbocycles. The number of Topliss-reactive ketones (excluding diaryl/α,β-unsaturated/α-hetero) is 1. The van der Waals surface area contributed by atoms with Crippen molar-refractivity contribution in [3.63, 3.8) is 0 Å². The molecule has 1 aliphatic carbocycles. The minimum absolute atomic E-state index is 0.0839. The summed E-state index contributed by atoms with van der Waals surface area (Å²) in [6, 6.07) is 7.60.